The third-order valence-electron chi connectivity index (χ3n) is 2.15. The van der Waals surface area contributed by atoms with E-state index in [0.29, 0.717) is 5.25 Å². The molecule has 0 aromatic carbocycles. The number of aromatic nitrogens is 2. The Morgan fingerprint density at radius 2 is 2.12 bits per heavy atom. The van der Waals surface area contributed by atoms with Gasteiger partial charge < -0.3 is 9.67 Å². The first kappa shape index (κ1) is 13.1. The van der Waals surface area contributed by atoms with E-state index in [4.69, 9.17) is 5.11 Å². The highest BCUT2D eigenvalue weighted by atomic mass is 32.2. The van der Waals surface area contributed by atoms with Crippen molar-refractivity contribution in [3.63, 3.8) is 0 Å². The molecule has 5 heteroatoms. The second-order valence-electron chi connectivity index (χ2n) is 4.20. The molecule has 0 radical (unpaired) electrons. The standard InChI is InChI=1S/C11H18N2O2S/c1-7(2)13-9(6-16-8(3)4)5-12-10(13)11(14)15/h5,7-8H,6H2,1-4H3,(H,14,15). The molecular weight excluding hydrogens is 224 g/mol. The number of hydrogen-bond donors (Lipinski definition) is 1. The molecule has 1 heterocycles. The molecule has 0 spiro atoms. The summed E-state index contributed by atoms with van der Waals surface area (Å²) in [6.07, 6.45) is 1.67. The van der Waals surface area contributed by atoms with Crippen molar-refractivity contribution in [1.29, 1.82) is 0 Å². The lowest BCUT2D eigenvalue weighted by Crippen LogP contribution is -2.14. The average Bonchev–Trinajstić information content (AvgIpc) is 2.57. The number of carboxylic acid groups (broad SMARTS) is 1. The summed E-state index contributed by atoms with van der Waals surface area (Å²) in [6.45, 7) is 8.19. The summed E-state index contributed by atoms with van der Waals surface area (Å²) < 4.78 is 1.79. The Morgan fingerprint density at radius 1 is 1.50 bits per heavy atom. The van der Waals surface area contributed by atoms with Crippen molar-refractivity contribution in [1.82, 2.24) is 9.55 Å². The van der Waals surface area contributed by atoms with Gasteiger partial charge in [0.1, 0.15) is 0 Å². The molecule has 0 amide bonds. The maximum Gasteiger partial charge on any atom is 0.372 e. The third kappa shape index (κ3) is 3.01. The van der Waals surface area contributed by atoms with Crippen molar-refractivity contribution in [3.8, 4) is 0 Å². The maximum atomic E-state index is 11.0. The quantitative estimate of drug-likeness (QED) is 0.862. The summed E-state index contributed by atoms with van der Waals surface area (Å²) in [7, 11) is 0. The van der Waals surface area contributed by atoms with E-state index in [2.05, 4.69) is 18.8 Å². The predicted octanol–water partition coefficient (Wildman–Crippen LogP) is 2.80. The first-order valence-electron chi connectivity index (χ1n) is 5.34. The molecule has 1 aromatic heterocycles. The van der Waals surface area contributed by atoms with Crippen LogP contribution >= 0.6 is 11.8 Å². The number of carbonyl (C=O) groups is 1. The minimum atomic E-state index is -0.963. The smallest absolute Gasteiger partial charge is 0.372 e. The Hall–Kier alpha value is -0.970. The number of rotatable bonds is 5. The lowest BCUT2D eigenvalue weighted by atomic mass is 10.3. The van der Waals surface area contributed by atoms with Gasteiger partial charge in [0, 0.05) is 23.7 Å². The van der Waals surface area contributed by atoms with Crippen LogP contribution in [0.15, 0.2) is 6.20 Å². The minimum absolute atomic E-state index is 0.122. The molecule has 0 atom stereocenters. The highest BCUT2D eigenvalue weighted by Crippen LogP contribution is 2.21. The zero-order valence-electron chi connectivity index (χ0n) is 10.1. The van der Waals surface area contributed by atoms with Crippen molar-refractivity contribution in [2.45, 2.75) is 44.7 Å². The number of imidazole rings is 1. The molecule has 0 aliphatic carbocycles. The SMILES string of the molecule is CC(C)SCc1cnc(C(=O)O)n1C(C)C. The molecule has 0 unspecified atom stereocenters. The predicted molar refractivity (Wildman–Crippen MR) is 66.0 cm³/mol. The number of aromatic carboxylic acids is 1. The zero-order chi connectivity index (χ0) is 12.3. The molecule has 1 rings (SSSR count). The van der Waals surface area contributed by atoms with Gasteiger partial charge in [0.25, 0.3) is 0 Å². The van der Waals surface area contributed by atoms with E-state index < -0.39 is 5.97 Å². The van der Waals surface area contributed by atoms with Gasteiger partial charge in [0.2, 0.25) is 5.82 Å². The van der Waals surface area contributed by atoms with Gasteiger partial charge in [0.05, 0.1) is 0 Å². The van der Waals surface area contributed by atoms with Crippen LogP contribution in [0.4, 0.5) is 0 Å². The normalized spacial score (nSPS) is 11.4. The summed E-state index contributed by atoms with van der Waals surface area (Å²) in [4.78, 5) is 15.0. The molecule has 0 aliphatic rings. The van der Waals surface area contributed by atoms with Crippen LogP contribution in [0.25, 0.3) is 0 Å². The lowest BCUT2D eigenvalue weighted by Gasteiger charge is -2.14. The number of nitrogens with zero attached hydrogens (tertiary/aromatic N) is 2. The molecule has 90 valence electrons. The van der Waals surface area contributed by atoms with Gasteiger partial charge in [-0.05, 0) is 19.1 Å². The van der Waals surface area contributed by atoms with Crippen LogP contribution < -0.4 is 0 Å². The maximum absolute atomic E-state index is 11.0. The Kier molecular flexibility index (Phi) is 4.41. The van der Waals surface area contributed by atoms with E-state index in [1.165, 1.54) is 0 Å². The minimum Gasteiger partial charge on any atom is -0.475 e. The molecule has 0 fully saturated rings. The van der Waals surface area contributed by atoms with Gasteiger partial charge in [-0.1, -0.05) is 13.8 Å². The highest BCUT2D eigenvalue weighted by molar-refractivity contribution is 7.99. The van der Waals surface area contributed by atoms with Gasteiger partial charge in [-0.25, -0.2) is 9.78 Å². The molecule has 1 N–H and O–H groups in total. The van der Waals surface area contributed by atoms with Crippen LogP contribution in [0.1, 0.15) is 50.0 Å². The van der Waals surface area contributed by atoms with E-state index in [0.717, 1.165) is 11.4 Å². The summed E-state index contributed by atoms with van der Waals surface area (Å²) in [5.41, 5.74) is 0.978. The van der Waals surface area contributed by atoms with Crippen LogP contribution in [0.3, 0.4) is 0 Å². The summed E-state index contributed by atoms with van der Waals surface area (Å²) >= 11 is 1.79. The Labute approximate surface area is 100 Å². The van der Waals surface area contributed by atoms with Crippen LogP contribution in [-0.4, -0.2) is 25.9 Å². The molecule has 16 heavy (non-hydrogen) atoms. The van der Waals surface area contributed by atoms with Crippen molar-refractivity contribution < 1.29 is 9.90 Å². The number of carboxylic acids is 1. The molecule has 0 bridgehead atoms. The summed E-state index contributed by atoms with van der Waals surface area (Å²) in [5.74, 6) is -0.0281. The largest absolute Gasteiger partial charge is 0.475 e. The fourth-order valence-corrected chi connectivity index (χ4v) is 2.21. The molecule has 4 nitrogen and oxygen atoms in total. The van der Waals surface area contributed by atoms with E-state index in [1.54, 1.807) is 22.5 Å². The van der Waals surface area contributed by atoms with E-state index in [9.17, 15) is 4.79 Å². The van der Waals surface area contributed by atoms with Crippen LogP contribution in [-0.2, 0) is 5.75 Å². The van der Waals surface area contributed by atoms with Crippen molar-refractivity contribution in [2.24, 2.45) is 0 Å². The number of thioether (sulfide) groups is 1. The summed E-state index contributed by atoms with van der Waals surface area (Å²) in [6, 6.07) is 0.122. The monoisotopic (exact) mass is 242 g/mol. The van der Waals surface area contributed by atoms with Crippen molar-refractivity contribution >= 4 is 17.7 Å². The van der Waals surface area contributed by atoms with Crippen LogP contribution in [0.5, 0.6) is 0 Å². The fourth-order valence-electron chi connectivity index (χ4n) is 1.49. The van der Waals surface area contributed by atoms with Gasteiger partial charge in [-0.2, -0.15) is 11.8 Å². The Bertz CT molecular complexity index is 372. The number of hydrogen-bond acceptors (Lipinski definition) is 3. The molecule has 1 aromatic rings. The van der Waals surface area contributed by atoms with E-state index in [1.807, 2.05) is 13.8 Å². The lowest BCUT2D eigenvalue weighted by molar-refractivity contribution is 0.0676. The van der Waals surface area contributed by atoms with Gasteiger partial charge in [0.15, 0.2) is 0 Å². The Balaban J connectivity index is 2.96. The first-order valence-corrected chi connectivity index (χ1v) is 6.39. The van der Waals surface area contributed by atoms with Crippen LogP contribution in [0.2, 0.25) is 0 Å². The van der Waals surface area contributed by atoms with Gasteiger partial charge in [-0.15, -0.1) is 0 Å². The topological polar surface area (TPSA) is 55.1 Å². The highest BCUT2D eigenvalue weighted by Gasteiger charge is 2.18. The van der Waals surface area contributed by atoms with Crippen LogP contribution in [0, 0.1) is 0 Å². The van der Waals surface area contributed by atoms with Crippen molar-refractivity contribution in [3.05, 3.63) is 17.7 Å². The van der Waals surface area contributed by atoms with E-state index in [-0.39, 0.29) is 11.9 Å². The molecule has 0 saturated heterocycles. The second-order valence-corrected chi connectivity index (χ2v) is 5.77. The second kappa shape index (κ2) is 5.39. The van der Waals surface area contributed by atoms with Gasteiger partial charge >= 0.3 is 5.97 Å². The average molecular weight is 242 g/mol. The molecule has 0 saturated carbocycles. The molecule has 0 aliphatic heterocycles. The van der Waals surface area contributed by atoms with Crippen molar-refractivity contribution in [2.75, 3.05) is 0 Å². The first-order chi connectivity index (χ1) is 7.43. The van der Waals surface area contributed by atoms with Gasteiger partial charge in [-0.3, -0.25) is 0 Å². The summed E-state index contributed by atoms with van der Waals surface area (Å²) in [5, 5.41) is 9.55. The Morgan fingerprint density at radius 3 is 2.56 bits per heavy atom. The third-order valence-corrected chi connectivity index (χ3v) is 3.27. The van der Waals surface area contributed by atoms with E-state index >= 15 is 0 Å². The zero-order valence-corrected chi connectivity index (χ0v) is 10.9. The molecular formula is C11H18N2O2S. The fraction of sp³-hybridized carbons (Fsp3) is 0.636.